The van der Waals surface area contributed by atoms with Crippen LogP contribution in [0.3, 0.4) is 0 Å². The van der Waals surface area contributed by atoms with Gasteiger partial charge in [0, 0.05) is 54.5 Å². The van der Waals surface area contributed by atoms with Gasteiger partial charge in [-0.15, -0.1) is 0 Å². The lowest BCUT2D eigenvalue weighted by Crippen LogP contribution is -2.33. The molecule has 0 spiro atoms. The highest BCUT2D eigenvalue weighted by Gasteiger charge is 2.35. The molecular formula is C22H23FN4O2. The fourth-order valence-corrected chi connectivity index (χ4v) is 4.44. The third-order valence-electron chi connectivity index (χ3n) is 6.05. The number of likely N-dealkylation sites (N-methyl/N-ethyl adjacent to an activating group) is 1. The van der Waals surface area contributed by atoms with Crippen molar-refractivity contribution in [2.45, 2.75) is 38.8 Å². The molecule has 1 fully saturated rings. The molecule has 2 aromatic heterocycles. The van der Waals surface area contributed by atoms with Gasteiger partial charge in [-0.3, -0.25) is 4.79 Å². The van der Waals surface area contributed by atoms with Gasteiger partial charge in [-0.05, 0) is 45.0 Å². The van der Waals surface area contributed by atoms with E-state index in [4.69, 9.17) is 9.40 Å². The van der Waals surface area contributed by atoms with E-state index >= 15 is 0 Å². The van der Waals surface area contributed by atoms with Crippen molar-refractivity contribution in [3.8, 4) is 0 Å². The zero-order chi connectivity index (χ0) is 20.1. The molecule has 1 amide bonds. The second-order valence-corrected chi connectivity index (χ2v) is 8.04. The third kappa shape index (κ3) is 3.09. The van der Waals surface area contributed by atoms with Crippen LogP contribution in [0.2, 0.25) is 0 Å². The maximum Gasteiger partial charge on any atom is 0.290 e. The summed E-state index contributed by atoms with van der Waals surface area (Å²) in [6.45, 7) is 4.27. The molecule has 7 heteroatoms. The number of nitrogens with zero attached hydrogens (tertiary/aromatic N) is 4. The van der Waals surface area contributed by atoms with Crippen LogP contribution < -0.4 is 0 Å². The van der Waals surface area contributed by atoms with Gasteiger partial charge in [-0.2, -0.15) is 0 Å². The van der Waals surface area contributed by atoms with Crippen molar-refractivity contribution in [1.29, 1.82) is 0 Å². The van der Waals surface area contributed by atoms with E-state index in [0.29, 0.717) is 28.9 Å². The van der Waals surface area contributed by atoms with Crippen molar-refractivity contribution < 1.29 is 13.6 Å². The van der Waals surface area contributed by atoms with Crippen LogP contribution >= 0.6 is 0 Å². The number of aryl methyl sites for hydroxylation is 1. The van der Waals surface area contributed by atoms with E-state index in [1.54, 1.807) is 17.9 Å². The van der Waals surface area contributed by atoms with Crippen LogP contribution in [0.4, 0.5) is 4.39 Å². The number of amides is 1. The van der Waals surface area contributed by atoms with Gasteiger partial charge in [-0.25, -0.2) is 14.4 Å². The smallest absolute Gasteiger partial charge is 0.290 e. The fraction of sp³-hybridized carbons (Fsp3) is 0.409. The summed E-state index contributed by atoms with van der Waals surface area (Å²) in [5.74, 6) is 0.464. The number of rotatable bonds is 2. The van der Waals surface area contributed by atoms with Crippen molar-refractivity contribution in [2.75, 3.05) is 20.1 Å². The predicted molar refractivity (Wildman–Crippen MR) is 106 cm³/mol. The standard InChI is InChI=1S/C22H23FN4O2/c1-13-16-10-15(23)5-6-19(16)29-20(13)22(28)27-8-3-4-18(27)21-24-11-14-12-26(2)9-7-17(14)25-21/h5-6,10-11,18H,3-4,7-9,12H2,1-2H3. The topological polar surface area (TPSA) is 62.5 Å². The lowest BCUT2D eigenvalue weighted by atomic mass is 10.1. The Kier molecular flexibility index (Phi) is 4.35. The summed E-state index contributed by atoms with van der Waals surface area (Å²) in [5.41, 5.74) is 3.44. The Labute approximate surface area is 168 Å². The SMILES string of the molecule is Cc1c(C(=O)N2CCCC2c2ncc3c(n2)CCN(C)C3)oc2ccc(F)cc12. The highest BCUT2D eigenvalue weighted by molar-refractivity contribution is 5.99. The number of halogens is 1. The summed E-state index contributed by atoms with van der Waals surface area (Å²) < 4.78 is 19.4. The van der Waals surface area contributed by atoms with E-state index in [1.165, 1.54) is 12.1 Å². The number of carbonyl (C=O) groups excluding carboxylic acids is 1. The number of aromatic nitrogens is 2. The zero-order valence-electron chi connectivity index (χ0n) is 16.6. The van der Waals surface area contributed by atoms with Crippen molar-refractivity contribution in [3.05, 3.63) is 58.6 Å². The lowest BCUT2D eigenvalue weighted by Gasteiger charge is -2.26. The highest BCUT2D eigenvalue weighted by Crippen LogP contribution is 2.34. The first-order chi connectivity index (χ1) is 14.0. The van der Waals surface area contributed by atoms with Crippen LogP contribution in [0.25, 0.3) is 11.0 Å². The van der Waals surface area contributed by atoms with Gasteiger partial charge in [0.05, 0.1) is 6.04 Å². The van der Waals surface area contributed by atoms with Crippen LogP contribution in [0.1, 0.15) is 52.1 Å². The molecule has 0 radical (unpaired) electrons. The molecular weight excluding hydrogens is 371 g/mol. The molecule has 6 nitrogen and oxygen atoms in total. The van der Waals surface area contributed by atoms with Gasteiger partial charge in [0.25, 0.3) is 5.91 Å². The Morgan fingerprint density at radius 3 is 3.03 bits per heavy atom. The monoisotopic (exact) mass is 394 g/mol. The molecule has 3 aromatic rings. The molecule has 0 aliphatic carbocycles. The van der Waals surface area contributed by atoms with Crippen molar-refractivity contribution >= 4 is 16.9 Å². The molecule has 1 unspecified atom stereocenters. The largest absolute Gasteiger partial charge is 0.451 e. The van der Waals surface area contributed by atoms with Gasteiger partial charge in [0.1, 0.15) is 11.4 Å². The minimum absolute atomic E-state index is 0.156. The van der Waals surface area contributed by atoms with E-state index < -0.39 is 0 Å². The molecule has 150 valence electrons. The van der Waals surface area contributed by atoms with Crippen LogP contribution in [0, 0.1) is 12.7 Å². The van der Waals surface area contributed by atoms with E-state index in [0.717, 1.165) is 43.6 Å². The fourth-order valence-electron chi connectivity index (χ4n) is 4.44. The second kappa shape index (κ2) is 6.91. The molecule has 4 heterocycles. The molecule has 5 rings (SSSR count). The van der Waals surface area contributed by atoms with E-state index in [1.807, 2.05) is 6.20 Å². The summed E-state index contributed by atoms with van der Waals surface area (Å²) in [7, 11) is 2.09. The third-order valence-corrected chi connectivity index (χ3v) is 6.05. The summed E-state index contributed by atoms with van der Waals surface area (Å²) >= 11 is 0. The van der Waals surface area contributed by atoms with Gasteiger partial charge < -0.3 is 14.2 Å². The number of likely N-dealkylation sites (tertiary alicyclic amines) is 1. The first-order valence-corrected chi connectivity index (χ1v) is 10.0. The number of benzene rings is 1. The summed E-state index contributed by atoms with van der Waals surface area (Å²) in [4.78, 5) is 26.8. The van der Waals surface area contributed by atoms with E-state index in [2.05, 4.69) is 16.9 Å². The quantitative estimate of drug-likeness (QED) is 0.664. The van der Waals surface area contributed by atoms with Gasteiger partial charge >= 0.3 is 0 Å². The number of furan rings is 1. The Hall–Kier alpha value is -2.80. The van der Waals surface area contributed by atoms with Crippen LogP contribution in [-0.2, 0) is 13.0 Å². The molecule has 1 saturated heterocycles. The average molecular weight is 394 g/mol. The highest BCUT2D eigenvalue weighted by atomic mass is 19.1. The zero-order valence-corrected chi connectivity index (χ0v) is 16.6. The molecule has 0 bridgehead atoms. The van der Waals surface area contributed by atoms with Gasteiger partial charge in [0.2, 0.25) is 0 Å². The first-order valence-electron chi connectivity index (χ1n) is 10.0. The summed E-state index contributed by atoms with van der Waals surface area (Å²) in [6.07, 6.45) is 4.53. The van der Waals surface area contributed by atoms with Crippen molar-refractivity contribution in [2.24, 2.45) is 0 Å². The Balaban J connectivity index is 1.47. The number of carbonyl (C=O) groups is 1. The van der Waals surface area contributed by atoms with E-state index in [9.17, 15) is 9.18 Å². The lowest BCUT2D eigenvalue weighted by molar-refractivity contribution is 0.0698. The average Bonchev–Trinajstić information content (AvgIpc) is 3.32. The molecule has 2 aliphatic rings. The minimum Gasteiger partial charge on any atom is -0.451 e. The van der Waals surface area contributed by atoms with Gasteiger partial charge in [-0.1, -0.05) is 0 Å². The number of hydrogen-bond donors (Lipinski definition) is 0. The molecule has 2 aliphatic heterocycles. The Morgan fingerprint density at radius 2 is 2.17 bits per heavy atom. The number of hydrogen-bond acceptors (Lipinski definition) is 5. The van der Waals surface area contributed by atoms with Crippen LogP contribution in [0.15, 0.2) is 28.8 Å². The maximum atomic E-state index is 13.6. The Morgan fingerprint density at radius 1 is 1.31 bits per heavy atom. The minimum atomic E-state index is -0.340. The van der Waals surface area contributed by atoms with E-state index in [-0.39, 0.29) is 23.5 Å². The molecule has 1 aromatic carbocycles. The number of fused-ring (bicyclic) bond motifs is 2. The normalized spacial score (nSPS) is 19.7. The molecule has 1 atom stereocenters. The predicted octanol–water partition coefficient (Wildman–Crippen LogP) is 3.64. The first kappa shape index (κ1) is 18.2. The van der Waals surface area contributed by atoms with Gasteiger partial charge in [0.15, 0.2) is 11.6 Å². The van der Waals surface area contributed by atoms with Crippen LogP contribution in [-0.4, -0.2) is 45.8 Å². The molecule has 29 heavy (non-hydrogen) atoms. The van der Waals surface area contributed by atoms with Crippen molar-refractivity contribution in [1.82, 2.24) is 19.8 Å². The maximum absolute atomic E-state index is 13.6. The van der Waals surface area contributed by atoms with Crippen LogP contribution in [0.5, 0.6) is 0 Å². The molecule has 0 N–H and O–H groups in total. The molecule has 0 saturated carbocycles. The van der Waals surface area contributed by atoms with Crippen molar-refractivity contribution in [3.63, 3.8) is 0 Å². The Bertz CT molecular complexity index is 1110. The second-order valence-electron chi connectivity index (χ2n) is 8.04. The summed E-state index contributed by atoms with van der Waals surface area (Å²) in [6, 6.07) is 4.17. The summed E-state index contributed by atoms with van der Waals surface area (Å²) in [5, 5.41) is 0.637.